The highest BCUT2D eigenvalue weighted by molar-refractivity contribution is 14.1. The topological polar surface area (TPSA) is 35.5 Å². The van der Waals surface area contributed by atoms with Crippen LogP contribution in [0, 0.1) is 3.57 Å². The molecule has 0 heterocycles. The number of para-hydroxylation sites is 1. The number of methoxy groups -OCH3 is 2. The van der Waals surface area contributed by atoms with Crippen molar-refractivity contribution < 1.29 is 14.3 Å². The molecule has 0 bridgehead atoms. The molecule has 108 valence electrons. The van der Waals surface area contributed by atoms with Gasteiger partial charge in [-0.25, -0.2) is 0 Å². The van der Waals surface area contributed by atoms with Gasteiger partial charge in [0.15, 0.2) is 17.3 Å². The van der Waals surface area contributed by atoms with Crippen molar-refractivity contribution in [3.63, 3.8) is 0 Å². The predicted octanol–water partition coefficient (Wildman–Crippen LogP) is 4.20. The fourth-order valence-electron chi connectivity index (χ4n) is 1.92. The van der Waals surface area contributed by atoms with E-state index in [1.807, 2.05) is 42.5 Å². The average molecular weight is 394 g/mol. The van der Waals surface area contributed by atoms with Crippen molar-refractivity contribution >= 4 is 34.5 Å². The number of hydrogen-bond acceptors (Lipinski definition) is 3. The molecule has 0 aromatic heterocycles. The number of halogens is 1. The molecule has 0 aliphatic rings. The minimum absolute atomic E-state index is 0.0451. The summed E-state index contributed by atoms with van der Waals surface area (Å²) < 4.78 is 11.7. The molecule has 0 saturated carbocycles. The first-order valence-electron chi connectivity index (χ1n) is 6.34. The van der Waals surface area contributed by atoms with Gasteiger partial charge in [0.2, 0.25) is 0 Å². The Labute approximate surface area is 137 Å². The summed E-state index contributed by atoms with van der Waals surface area (Å²) in [4.78, 5) is 12.1. The fourth-order valence-corrected chi connectivity index (χ4v) is 2.28. The minimum atomic E-state index is -0.0451. The average Bonchev–Trinajstić information content (AvgIpc) is 2.52. The maximum absolute atomic E-state index is 12.1. The Bertz CT molecular complexity index is 660. The highest BCUT2D eigenvalue weighted by atomic mass is 127. The van der Waals surface area contributed by atoms with Crippen molar-refractivity contribution in [2.45, 2.75) is 0 Å². The largest absolute Gasteiger partial charge is 0.493 e. The van der Waals surface area contributed by atoms with Gasteiger partial charge in [0, 0.05) is 14.7 Å². The maximum atomic E-state index is 12.1. The van der Waals surface area contributed by atoms with Crippen molar-refractivity contribution in [2.24, 2.45) is 0 Å². The van der Waals surface area contributed by atoms with Crippen molar-refractivity contribution in [2.75, 3.05) is 14.2 Å². The summed E-state index contributed by atoms with van der Waals surface area (Å²) in [7, 11) is 3.16. The number of hydrogen-bond donors (Lipinski definition) is 0. The molecule has 0 spiro atoms. The molecule has 0 radical (unpaired) electrons. The Morgan fingerprint density at radius 3 is 2.38 bits per heavy atom. The lowest BCUT2D eigenvalue weighted by molar-refractivity contribution is 0.104. The van der Waals surface area contributed by atoms with Crippen LogP contribution in [0.4, 0.5) is 0 Å². The molecule has 0 aliphatic heterocycles. The van der Waals surface area contributed by atoms with Gasteiger partial charge in [0.25, 0.3) is 0 Å². The number of benzene rings is 2. The van der Waals surface area contributed by atoms with Crippen LogP contribution in [-0.4, -0.2) is 20.0 Å². The number of ether oxygens (including phenoxy) is 2. The van der Waals surface area contributed by atoms with Gasteiger partial charge in [-0.2, -0.15) is 0 Å². The van der Waals surface area contributed by atoms with Crippen LogP contribution < -0.4 is 9.47 Å². The summed E-state index contributed by atoms with van der Waals surface area (Å²) in [6, 6.07) is 13.0. The molecule has 0 aliphatic carbocycles. The molecule has 0 fully saturated rings. The maximum Gasteiger partial charge on any atom is 0.185 e. The quantitative estimate of drug-likeness (QED) is 0.433. The van der Waals surface area contributed by atoms with Crippen LogP contribution in [0.1, 0.15) is 15.9 Å². The van der Waals surface area contributed by atoms with Gasteiger partial charge in [0.1, 0.15) is 0 Å². The summed E-state index contributed by atoms with van der Waals surface area (Å²) in [6.45, 7) is 0. The molecule has 4 heteroatoms. The third-order valence-electron chi connectivity index (χ3n) is 2.98. The number of ketones is 1. The van der Waals surface area contributed by atoms with Gasteiger partial charge >= 0.3 is 0 Å². The van der Waals surface area contributed by atoms with E-state index < -0.39 is 0 Å². The van der Waals surface area contributed by atoms with E-state index >= 15 is 0 Å². The standard InChI is InChI=1S/C17H15IO3/c1-20-16-5-3-4-13(17(16)21-2)8-11-15(19)12-6-9-14(18)10-7-12/h3-11H,1-2H3/b11-8+. The Hall–Kier alpha value is -1.82. The van der Waals surface area contributed by atoms with E-state index in [-0.39, 0.29) is 5.78 Å². The third-order valence-corrected chi connectivity index (χ3v) is 3.70. The minimum Gasteiger partial charge on any atom is -0.493 e. The summed E-state index contributed by atoms with van der Waals surface area (Å²) in [6.07, 6.45) is 3.28. The highest BCUT2D eigenvalue weighted by Crippen LogP contribution is 2.31. The van der Waals surface area contributed by atoms with Gasteiger partial charge in [0.05, 0.1) is 14.2 Å². The summed E-state index contributed by atoms with van der Waals surface area (Å²) in [5.74, 6) is 1.21. The molecule has 2 aromatic rings. The van der Waals surface area contributed by atoms with Crippen molar-refractivity contribution in [3.05, 3.63) is 63.2 Å². The first kappa shape index (κ1) is 15.6. The van der Waals surface area contributed by atoms with Gasteiger partial charge in [-0.05, 0) is 52.9 Å². The molecular formula is C17H15IO3. The van der Waals surface area contributed by atoms with Gasteiger partial charge in [-0.3, -0.25) is 4.79 Å². The lowest BCUT2D eigenvalue weighted by Crippen LogP contribution is -1.95. The number of carbonyl (C=O) groups excluding carboxylic acids is 1. The van der Waals surface area contributed by atoms with E-state index in [1.165, 1.54) is 0 Å². The number of carbonyl (C=O) groups is 1. The van der Waals surface area contributed by atoms with Crippen molar-refractivity contribution in [1.82, 2.24) is 0 Å². The highest BCUT2D eigenvalue weighted by Gasteiger charge is 2.07. The van der Waals surface area contributed by atoms with Crippen LogP contribution in [0.5, 0.6) is 11.5 Å². The van der Waals surface area contributed by atoms with Crippen molar-refractivity contribution in [1.29, 1.82) is 0 Å². The first-order valence-corrected chi connectivity index (χ1v) is 7.42. The lowest BCUT2D eigenvalue weighted by atomic mass is 10.1. The first-order chi connectivity index (χ1) is 10.2. The number of allylic oxidation sites excluding steroid dienone is 1. The molecule has 2 aromatic carbocycles. The van der Waals surface area contributed by atoms with E-state index in [9.17, 15) is 4.79 Å². The van der Waals surface area contributed by atoms with Crippen LogP contribution in [-0.2, 0) is 0 Å². The lowest BCUT2D eigenvalue weighted by Gasteiger charge is -2.09. The van der Waals surface area contributed by atoms with Crippen LogP contribution in [0.2, 0.25) is 0 Å². The third kappa shape index (κ3) is 3.85. The van der Waals surface area contributed by atoms with Crippen LogP contribution in [0.15, 0.2) is 48.5 Å². The fraction of sp³-hybridized carbons (Fsp3) is 0.118. The Morgan fingerprint density at radius 2 is 1.76 bits per heavy atom. The smallest absolute Gasteiger partial charge is 0.185 e. The summed E-state index contributed by atoms with van der Waals surface area (Å²) in [5.41, 5.74) is 1.46. The molecule has 0 saturated heterocycles. The zero-order valence-corrected chi connectivity index (χ0v) is 14.0. The molecule has 21 heavy (non-hydrogen) atoms. The second-order valence-corrected chi connectivity index (χ2v) is 5.53. The SMILES string of the molecule is COc1cccc(/C=C/C(=O)c2ccc(I)cc2)c1OC. The number of rotatable bonds is 5. The van der Waals surface area contributed by atoms with E-state index in [0.717, 1.165) is 9.13 Å². The predicted molar refractivity (Wildman–Crippen MR) is 92.1 cm³/mol. The Kier molecular flexibility index (Phi) is 5.38. The molecule has 0 unspecified atom stereocenters. The van der Waals surface area contributed by atoms with Crippen LogP contribution in [0.25, 0.3) is 6.08 Å². The van der Waals surface area contributed by atoms with Crippen molar-refractivity contribution in [3.8, 4) is 11.5 Å². The van der Waals surface area contributed by atoms with Crippen LogP contribution in [0.3, 0.4) is 0 Å². The monoisotopic (exact) mass is 394 g/mol. The van der Waals surface area contributed by atoms with Gasteiger partial charge in [-0.15, -0.1) is 0 Å². The van der Waals surface area contributed by atoms with Gasteiger partial charge < -0.3 is 9.47 Å². The van der Waals surface area contributed by atoms with Gasteiger partial charge in [-0.1, -0.05) is 24.3 Å². The molecular weight excluding hydrogens is 379 g/mol. The molecule has 3 nitrogen and oxygen atoms in total. The second kappa shape index (κ2) is 7.26. The second-order valence-electron chi connectivity index (χ2n) is 4.29. The van der Waals surface area contributed by atoms with Crippen LogP contribution >= 0.6 is 22.6 Å². The molecule has 2 rings (SSSR count). The summed E-state index contributed by atoms with van der Waals surface area (Å²) >= 11 is 2.21. The van der Waals surface area contributed by atoms with E-state index in [0.29, 0.717) is 17.1 Å². The van der Waals surface area contributed by atoms with E-state index in [4.69, 9.17) is 9.47 Å². The molecule has 0 amide bonds. The zero-order chi connectivity index (χ0) is 15.2. The molecule has 0 N–H and O–H groups in total. The molecule has 0 atom stereocenters. The normalized spacial score (nSPS) is 10.6. The van der Waals surface area contributed by atoms with E-state index in [2.05, 4.69) is 22.6 Å². The summed E-state index contributed by atoms with van der Waals surface area (Å²) in [5, 5.41) is 0. The Balaban J connectivity index is 2.25. The van der Waals surface area contributed by atoms with E-state index in [1.54, 1.807) is 26.4 Å². The Morgan fingerprint density at radius 1 is 1.05 bits per heavy atom. The zero-order valence-electron chi connectivity index (χ0n) is 11.8.